The molecule has 61 heavy (non-hydrogen) atoms. The predicted octanol–water partition coefficient (Wildman–Crippen LogP) is 14.5. The number of rotatable bonds is 5. The number of hydrogen-bond donors (Lipinski definition) is 0. The summed E-state index contributed by atoms with van der Waals surface area (Å²) in [5.41, 5.74) is 8.72. The van der Waals surface area contributed by atoms with Crippen molar-refractivity contribution in [3.63, 3.8) is 0 Å². The first kappa shape index (κ1) is 36.9. The van der Waals surface area contributed by atoms with Crippen LogP contribution < -0.4 is 0 Å². The highest BCUT2D eigenvalue weighted by molar-refractivity contribution is 6.12. The number of aromatic nitrogens is 2. The van der Waals surface area contributed by atoms with Crippen LogP contribution in [-0.4, -0.2) is 9.13 Å². The van der Waals surface area contributed by atoms with Gasteiger partial charge in [0.05, 0.1) is 62.8 Å². The van der Waals surface area contributed by atoms with Crippen molar-refractivity contribution in [2.45, 2.75) is 13.1 Å². The molecule has 5 nitrogen and oxygen atoms in total. The van der Waals surface area contributed by atoms with Gasteiger partial charge in [0.2, 0.25) is 0 Å². The number of nitriles is 2. The van der Waals surface area contributed by atoms with E-state index < -0.39 is 11.7 Å². The number of fused-ring (bicyclic) bond motifs is 6. The van der Waals surface area contributed by atoms with Crippen LogP contribution in [0.1, 0.15) is 22.3 Å². The molecule has 0 N–H and O–H groups in total. The van der Waals surface area contributed by atoms with Gasteiger partial charge in [0.25, 0.3) is 0 Å². The summed E-state index contributed by atoms with van der Waals surface area (Å²) in [5, 5.41) is 24.2. The molecule has 0 aliphatic heterocycles. The number of halogens is 3. The van der Waals surface area contributed by atoms with E-state index >= 15 is 13.2 Å². The second kappa shape index (κ2) is 14.2. The Kier molecular flexibility index (Phi) is 8.58. The minimum absolute atomic E-state index is 0.0200. The lowest BCUT2D eigenvalue weighted by molar-refractivity contribution is -0.137. The minimum Gasteiger partial charge on any atom is -0.309 e. The lowest BCUT2D eigenvalue weighted by Gasteiger charge is -2.22. The maximum absolute atomic E-state index is 15.3. The molecule has 0 aliphatic carbocycles. The highest BCUT2D eigenvalue weighted by atomic mass is 19.4. The highest BCUT2D eigenvalue weighted by Crippen LogP contribution is 2.46. The molecule has 2 aromatic heterocycles. The first-order valence-electron chi connectivity index (χ1n) is 19.5. The molecule has 0 aliphatic rings. The van der Waals surface area contributed by atoms with Crippen LogP contribution in [0.4, 0.5) is 18.9 Å². The molecular weight excluding hydrogens is 764 g/mol. The van der Waals surface area contributed by atoms with Gasteiger partial charge in [0.15, 0.2) is 5.69 Å². The van der Waals surface area contributed by atoms with Gasteiger partial charge in [0, 0.05) is 27.1 Å². The van der Waals surface area contributed by atoms with Crippen molar-refractivity contribution in [2.24, 2.45) is 0 Å². The van der Waals surface area contributed by atoms with Crippen LogP contribution in [0.5, 0.6) is 0 Å². The monoisotopic (exact) mass is 793 g/mol. The summed E-state index contributed by atoms with van der Waals surface area (Å²) in [7, 11) is 0. The van der Waals surface area contributed by atoms with E-state index in [1.807, 2.05) is 118 Å². The summed E-state index contributed by atoms with van der Waals surface area (Å²) < 4.78 is 49.8. The summed E-state index contributed by atoms with van der Waals surface area (Å²) in [5.74, 6) is 0. The van der Waals surface area contributed by atoms with Gasteiger partial charge < -0.3 is 9.13 Å². The smallest absolute Gasteiger partial charge is 0.309 e. The van der Waals surface area contributed by atoms with Gasteiger partial charge in [0.1, 0.15) is 6.07 Å². The molecular formula is C53H30F3N5. The minimum atomic E-state index is -4.69. The predicted molar refractivity (Wildman–Crippen MR) is 237 cm³/mol. The molecule has 0 radical (unpaired) electrons. The maximum atomic E-state index is 15.3. The topological polar surface area (TPSA) is 61.8 Å². The number of benzene rings is 8. The molecule has 288 valence electrons. The summed E-state index contributed by atoms with van der Waals surface area (Å²) in [6.07, 6.45) is -4.69. The van der Waals surface area contributed by atoms with Gasteiger partial charge in [-0.2, -0.15) is 23.7 Å². The molecule has 0 unspecified atom stereocenters. The van der Waals surface area contributed by atoms with Gasteiger partial charge in [-0.25, -0.2) is 4.85 Å². The summed E-state index contributed by atoms with van der Waals surface area (Å²) in [6.45, 7) is 9.11. The summed E-state index contributed by atoms with van der Waals surface area (Å²) in [4.78, 5) is 3.53. The standard InChI is InChI=1S/C53H30F3N5/c1-32-8-7-11-45(53(54,55)56)52(32)44-29-48(60-46-12-5-3-9-40(46)42-24-20-36(26-49(42)60)34-16-14-33(30-57)15-17-34)38(31-58)28-51(44)61-47-13-6-4-10-41(47)43-25-21-37(27-50(43)61)35-18-22-39(59-2)23-19-35/h3-29H,1H3. The first-order valence-corrected chi connectivity index (χ1v) is 19.5. The molecule has 0 spiro atoms. The lowest BCUT2D eigenvalue weighted by atomic mass is 9.91. The Labute approximate surface area is 348 Å². The highest BCUT2D eigenvalue weighted by Gasteiger charge is 2.35. The third-order valence-electron chi connectivity index (χ3n) is 11.6. The fraction of sp³-hybridized carbons (Fsp3) is 0.0377. The number of nitrogens with zero attached hydrogens (tertiary/aromatic N) is 5. The van der Waals surface area contributed by atoms with E-state index in [-0.39, 0.29) is 11.1 Å². The van der Waals surface area contributed by atoms with E-state index in [1.54, 1.807) is 49.4 Å². The third-order valence-corrected chi connectivity index (χ3v) is 11.6. The zero-order valence-electron chi connectivity index (χ0n) is 32.5. The average Bonchev–Trinajstić information content (AvgIpc) is 3.80. The number of aryl methyl sites for hydroxylation is 1. The Morgan fingerprint density at radius 1 is 0.525 bits per heavy atom. The van der Waals surface area contributed by atoms with Crippen LogP contribution in [0, 0.1) is 36.2 Å². The van der Waals surface area contributed by atoms with Crippen molar-refractivity contribution in [2.75, 3.05) is 0 Å². The van der Waals surface area contributed by atoms with Crippen molar-refractivity contribution >= 4 is 49.3 Å². The molecule has 10 aromatic rings. The lowest BCUT2D eigenvalue weighted by Crippen LogP contribution is -2.10. The van der Waals surface area contributed by atoms with Crippen molar-refractivity contribution in [3.8, 4) is 56.9 Å². The van der Waals surface area contributed by atoms with Gasteiger partial charge in [-0.15, -0.1) is 0 Å². The van der Waals surface area contributed by atoms with Crippen molar-refractivity contribution in [3.05, 3.63) is 197 Å². The van der Waals surface area contributed by atoms with Crippen LogP contribution in [0.2, 0.25) is 0 Å². The zero-order valence-corrected chi connectivity index (χ0v) is 32.5. The largest absolute Gasteiger partial charge is 0.417 e. The zero-order chi connectivity index (χ0) is 42.0. The first-order chi connectivity index (χ1) is 29.7. The Morgan fingerprint density at radius 3 is 1.59 bits per heavy atom. The van der Waals surface area contributed by atoms with Gasteiger partial charge in [-0.3, -0.25) is 0 Å². The second-order valence-corrected chi connectivity index (χ2v) is 15.0. The Morgan fingerprint density at radius 2 is 1.05 bits per heavy atom. The molecule has 0 saturated carbocycles. The fourth-order valence-electron chi connectivity index (χ4n) is 8.78. The van der Waals surface area contributed by atoms with Crippen LogP contribution in [-0.2, 0) is 6.18 Å². The quantitative estimate of drug-likeness (QED) is 0.163. The Balaban J connectivity index is 1.33. The van der Waals surface area contributed by atoms with Crippen LogP contribution >= 0.6 is 0 Å². The van der Waals surface area contributed by atoms with E-state index in [0.717, 1.165) is 71.9 Å². The number of alkyl halides is 3. The third kappa shape index (κ3) is 5.99. The van der Waals surface area contributed by atoms with E-state index in [9.17, 15) is 10.5 Å². The SMILES string of the molecule is [C-]#[N+]c1ccc(-c2ccc3c4ccccc4n(-c4cc(C#N)c(-n5c6ccccc6c6ccc(-c7ccc(C#N)cc7)cc65)cc4-c4c(C)cccc4C(F)(F)F)c3c2)cc1. The van der Waals surface area contributed by atoms with Crippen molar-refractivity contribution in [1.82, 2.24) is 9.13 Å². The molecule has 10 rings (SSSR count). The van der Waals surface area contributed by atoms with Crippen LogP contribution in [0.15, 0.2) is 164 Å². The molecule has 2 heterocycles. The summed E-state index contributed by atoms with van der Waals surface area (Å²) in [6, 6.07) is 54.6. The Hall–Kier alpha value is -8.38. The molecule has 0 fully saturated rings. The molecule has 0 saturated heterocycles. The molecule has 0 bridgehead atoms. The van der Waals surface area contributed by atoms with Crippen LogP contribution in [0.25, 0.3) is 93.2 Å². The van der Waals surface area contributed by atoms with Gasteiger partial charge in [-0.1, -0.05) is 109 Å². The Bertz CT molecular complexity index is 3550. The normalized spacial score (nSPS) is 11.6. The van der Waals surface area contributed by atoms with Crippen LogP contribution in [0.3, 0.4) is 0 Å². The molecule has 0 atom stereocenters. The van der Waals surface area contributed by atoms with E-state index in [4.69, 9.17) is 6.57 Å². The summed E-state index contributed by atoms with van der Waals surface area (Å²) >= 11 is 0. The van der Waals surface area contributed by atoms with E-state index in [0.29, 0.717) is 33.8 Å². The van der Waals surface area contributed by atoms with Crippen molar-refractivity contribution in [1.29, 1.82) is 10.5 Å². The number of para-hydroxylation sites is 2. The molecule has 0 amide bonds. The van der Waals surface area contributed by atoms with E-state index in [1.165, 1.54) is 6.07 Å². The fourth-order valence-corrected chi connectivity index (χ4v) is 8.78. The molecule has 8 heteroatoms. The van der Waals surface area contributed by atoms with Gasteiger partial charge in [-0.05, 0) is 94.9 Å². The van der Waals surface area contributed by atoms with Crippen molar-refractivity contribution < 1.29 is 13.2 Å². The van der Waals surface area contributed by atoms with Gasteiger partial charge >= 0.3 is 6.18 Å². The second-order valence-electron chi connectivity index (χ2n) is 15.0. The average molecular weight is 794 g/mol. The van der Waals surface area contributed by atoms with E-state index in [2.05, 4.69) is 17.0 Å². The maximum Gasteiger partial charge on any atom is 0.417 e. The number of hydrogen-bond acceptors (Lipinski definition) is 2. The molecule has 8 aromatic carbocycles.